The summed E-state index contributed by atoms with van der Waals surface area (Å²) in [7, 11) is 5.91. The van der Waals surface area contributed by atoms with E-state index in [1.165, 1.54) is 116 Å². The molecule has 9 nitrogen and oxygen atoms in total. The molecule has 0 amide bonds. The van der Waals surface area contributed by atoms with E-state index in [2.05, 4.69) is 38.2 Å². The lowest BCUT2D eigenvalue weighted by atomic mass is 10.1. The summed E-state index contributed by atoms with van der Waals surface area (Å²) in [5.74, 6) is -2.28. The van der Waals surface area contributed by atoms with Crippen LogP contribution in [-0.2, 0) is 33.3 Å². The zero-order valence-electron chi connectivity index (χ0n) is 37.0. The number of ether oxygens (including phenoxy) is 4. The standard InChI is InChI=1S/C47H87NO8/c1-6-8-10-12-14-16-18-19-20-21-22-23-24-25-26-27-28-30-32-34-36-38-45(50)56-43(42-55-47(46(51)52)53-40-39-48(3,4)5)41-54-44(49)37-35-33-31-29-17-15-13-11-9-7-2/h18-19,21-22,43,47H,6-17,20,23-42H2,1-5H3/b19-18-,22-21-. The van der Waals surface area contributed by atoms with Crippen molar-refractivity contribution in [1.82, 2.24) is 0 Å². The maximum atomic E-state index is 12.7. The first-order valence-electron chi connectivity index (χ1n) is 23.0. The summed E-state index contributed by atoms with van der Waals surface area (Å²) < 4.78 is 22.5. The van der Waals surface area contributed by atoms with Crippen molar-refractivity contribution in [3.63, 3.8) is 0 Å². The van der Waals surface area contributed by atoms with Crippen LogP contribution in [0.5, 0.6) is 0 Å². The maximum absolute atomic E-state index is 12.7. The van der Waals surface area contributed by atoms with Gasteiger partial charge in [-0.25, -0.2) is 0 Å². The van der Waals surface area contributed by atoms with E-state index in [1.807, 2.05) is 21.1 Å². The molecule has 0 aromatic carbocycles. The fraction of sp³-hybridized carbons (Fsp3) is 0.851. The van der Waals surface area contributed by atoms with Crippen LogP contribution in [-0.4, -0.2) is 82.3 Å². The van der Waals surface area contributed by atoms with Crippen LogP contribution in [0.25, 0.3) is 0 Å². The topological polar surface area (TPSA) is 111 Å². The Morgan fingerprint density at radius 1 is 0.536 bits per heavy atom. The molecule has 0 spiro atoms. The second-order valence-corrected chi connectivity index (χ2v) is 16.7. The highest BCUT2D eigenvalue weighted by molar-refractivity contribution is 5.70. The molecule has 56 heavy (non-hydrogen) atoms. The molecule has 0 aliphatic carbocycles. The minimum atomic E-state index is -1.62. The predicted octanol–water partition coefficient (Wildman–Crippen LogP) is 10.7. The molecule has 0 saturated carbocycles. The van der Waals surface area contributed by atoms with E-state index in [0.717, 1.165) is 51.4 Å². The van der Waals surface area contributed by atoms with Crippen LogP contribution >= 0.6 is 0 Å². The van der Waals surface area contributed by atoms with Crippen LogP contribution in [0.4, 0.5) is 0 Å². The zero-order chi connectivity index (χ0) is 41.4. The molecule has 0 rings (SSSR count). The van der Waals surface area contributed by atoms with Crippen LogP contribution < -0.4 is 5.11 Å². The van der Waals surface area contributed by atoms with Crippen molar-refractivity contribution in [2.75, 3.05) is 47.5 Å². The van der Waals surface area contributed by atoms with Gasteiger partial charge in [0.15, 0.2) is 12.4 Å². The third kappa shape index (κ3) is 40.0. The summed E-state index contributed by atoms with van der Waals surface area (Å²) in [6.07, 6.45) is 39.2. The number of aliphatic carboxylic acids is 1. The van der Waals surface area contributed by atoms with Gasteiger partial charge in [0, 0.05) is 12.8 Å². The van der Waals surface area contributed by atoms with Crippen LogP contribution in [0, 0.1) is 0 Å². The first-order valence-corrected chi connectivity index (χ1v) is 23.0. The Morgan fingerprint density at radius 3 is 1.41 bits per heavy atom. The Morgan fingerprint density at radius 2 is 0.964 bits per heavy atom. The highest BCUT2D eigenvalue weighted by Crippen LogP contribution is 2.14. The minimum absolute atomic E-state index is 0.149. The molecule has 328 valence electrons. The van der Waals surface area contributed by atoms with Gasteiger partial charge in [0.1, 0.15) is 13.2 Å². The summed E-state index contributed by atoms with van der Waals surface area (Å²) >= 11 is 0. The van der Waals surface area contributed by atoms with E-state index in [4.69, 9.17) is 18.9 Å². The number of carbonyl (C=O) groups is 3. The molecule has 0 bridgehead atoms. The molecule has 0 aliphatic rings. The maximum Gasteiger partial charge on any atom is 0.306 e. The predicted molar refractivity (Wildman–Crippen MR) is 228 cm³/mol. The van der Waals surface area contributed by atoms with Gasteiger partial charge in [-0.15, -0.1) is 0 Å². The molecule has 0 heterocycles. The Kier molecular flexibility index (Phi) is 38.0. The first-order chi connectivity index (χ1) is 27.1. The number of carboxylic acids is 1. The average Bonchev–Trinajstić information content (AvgIpc) is 3.15. The largest absolute Gasteiger partial charge is 0.545 e. The van der Waals surface area contributed by atoms with E-state index in [1.54, 1.807) is 0 Å². The molecular formula is C47H87NO8. The SMILES string of the molecule is CCCCCCC/C=C\C/C=C\CCCCCCCCCCCC(=O)OC(COC(=O)CCCCCCCCCCCC)COC(OCC[N+](C)(C)C)C(=O)[O-]. The molecule has 0 aliphatic heterocycles. The van der Waals surface area contributed by atoms with E-state index < -0.39 is 24.3 Å². The van der Waals surface area contributed by atoms with E-state index in [9.17, 15) is 19.5 Å². The minimum Gasteiger partial charge on any atom is -0.545 e. The summed E-state index contributed by atoms with van der Waals surface area (Å²) in [6, 6.07) is 0. The van der Waals surface area contributed by atoms with Gasteiger partial charge >= 0.3 is 11.9 Å². The van der Waals surface area contributed by atoms with Gasteiger partial charge < -0.3 is 33.3 Å². The molecule has 2 unspecified atom stereocenters. The summed E-state index contributed by atoms with van der Waals surface area (Å²) in [5, 5.41) is 11.7. The fourth-order valence-corrected chi connectivity index (χ4v) is 6.33. The number of unbranched alkanes of at least 4 members (excludes halogenated alkanes) is 23. The Balaban J connectivity index is 4.34. The van der Waals surface area contributed by atoms with Crippen LogP contribution in [0.3, 0.4) is 0 Å². The van der Waals surface area contributed by atoms with Crippen molar-refractivity contribution in [2.24, 2.45) is 0 Å². The molecule has 2 atom stereocenters. The van der Waals surface area contributed by atoms with Gasteiger partial charge in [-0.3, -0.25) is 9.59 Å². The lowest BCUT2D eigenvalue weighted by Crippen LogP contribution is -2.44. The number of rotatable bonds is 42. The summed E-state index contributed by atoms with van der Waals surface area (Å²) in [4.78, 5) is 36.9. The molecule has 0 fully saturated rings. The van der Waals surface area contributed by atoms with Crippen molar-refractivity contribution in [1.29, 1.82) is 0 Å². The van der Waals surface area contributed by atoms with Crippen LogP contribution in [0.2, 0.25) is 0 Å². The summed E-state index contributed by atoms with van der Waals surface area (Å²) in [5.41, 5.74) is 0. The number of hydrogen-bond donors (Lipinski definition) is 0. The van der Waals surface area contributed by atoms with Crippen molar-refractivity contribution in [3.05, 3.63) is 24.3 Å². The zero-order valence-corrected chi connectivity index (χ0v) is 37.0. The molecule has 9 heteroatoms. The number of likely N-dealkylation sites (N-methyl/N-ethyl adjacent to an activating group) is 1. The molecule has 0 radical (unpaired) electrons. The number of quaternary nitrogens is 1. The highest BCUT2D eigenvalue weighted by atomic mass is 16.7. The third-order valence-corrected chi connectivity index (χ3v) is 9.95. The monoisotopic (exact) mass is 794 g/mol. The van der Waals surface area contributed by atoms with E-state index in [0.29, 0.717) is 23.9 Å². The lowest BCUT2D eigenvalue weighted by Gasteiger charge is -2.26. The van der Waals surface area contributed by atoms with Crippen molar-refractivity contribution in [3.8, 4) is 0 Å². The van der Waals surface area contributed by atoms with Gasteiger partial charge in [0.2, 0.25) is 0 Å². The van der Waals surface area contributed by atoms with Crippen LogP contribution in [0.1, 0.15) is 200 Å². The van der Waals surface area contributed by atoms with Gasteiger partial charge in [-0.05, 0) is 44.9 Å². The molecule has 0 saturated heterocycles. The van der Waals surface area contributed by atoms with Crippen molar-refractivity contribution in [2.45, 2.75) is 212 Å². The van der Waals surface area contributed by atoms with Crippen molar-refractivity contribution < 1.29 is 42.9 Å². The Hall–Kier alpha value is -2.23. The quantitative estimate of drug-likeness (QED) is 0.0197. The molecule has 0 N–H and O–H groups in total. The number of hydrogen-bond acceptors (Lipinski definition) is 8. The van der Waals surface area contributed by atoms with Gasteiger partial charge in [0.25, 0.3) is 0 Å². The number of carboxylic acid groups (broad SMARTS) is 1. The lowest BCUT2D eigenvalue weighted by molar-refractivity contribution is -0.870. The molecule has 0 aromatic rings. The molecule has 0 aromatic heterocycles. The Labute approximate surface area is 344 Å². The van der Waals surface area contributed by atoms with Gasteiger partial charge in [-0.1, -0.05) is 167 Å². The number of esters is 2. The number of carbonyl (C=O) groups excluding carboxylic acids is 3. The number of allylic oxidation sites excluding steroid dienone is 4. The van der Waals surface area contributed by atoms with Gasteiger partial charge in [-0.2, -0.15) is 0 Å². The molecular weight excluding hydrogens is 707 g/mol. The Bertz CT molecular complexity index is 976. The third-order valence-electron chi connectivity index (χ3n) is 9.95. The van der Waals surface area contributed by atoms with E-state index >= 15 is 0 Å². The smallest absolute Gasteiger partial charge is 0.306 e. The van der Waals surface area contributed by atoms with Crippen LogP contribution in [0.15, 0.2) is 24.3 Å². The number of nitrogens with zero attached hydrogens (tertiary/aromatic N) is 1. The normalized spacial score (nSPS) is 13.1. The van der Waals surface area contributed by atoms with Gasteiger partial charge in [0.05, 0.1) is 40.3 Å². The fourth-order valence-electron chi connectivity index (χ4n) is 6.33. The summed E-state index contributed by atoms with van der Waals surface area (Å²) in [6.45, 7) is 4.72. The van der Waals surface area contributed by atoms with E-state index in [-0.39, 0.29) is 32.2 Å². The highest BCUT2D eigenvalue weighted by Gasteiger charge is 2.21. The van der Waals surface area contributed by atoms with Crippen molar-refractivity contribution >= 4 is 17.9 Å². The first kappa shape index (κ1) is 53.8. The second-order valence-electron chi connectivity index (χ2n) is 16.7. The average molecular weight is 794 g/mol. The second kappa shape index (κ2) is 39.6.